The molecule has 2 aliphatic rings. The Bertz CT molecular complexity index is 282. The molecule has 0 amide bonds. The van der Waals surface area contributed by atoms with E-state index in [1.54, 1.807) is 0 Å². The van der Waals surface area contributed by atoms with E-state index in [-0.39, 0.29) is 0 Å². The van der Waals surface area contributed by atoms with Crippen molar-refractivity contribution in [2.45, 2.75) is 32.4 Å². The minimum Gasteiger partial charge on any atom is -0.310 e. The summed E-state index contributed by atoms with van der Waals surface area (Å²) in [6.45, 7) is 4.28. The summed E-state index contributed by atoms with van der Waals surface area (Å²) in [4.78, 5) is 0. The minimum atomic E-state index is -0.515. The van der Waals surface area contributed by atoms with Gasteiger partial charge in [0.2, 0.25) is 0 Å². The van der Waals surface area contributed by atoms with Crippen LogP contribution in [0.5, 0.6) is 0 Å². The molecule has 2 nitrogen and oxygen atoms in total. The molecule has 2 heteroatoms. The topological polar surface area (TPSA) is 52.0 Å². The van der Waals surface area contributed by atoms with Crippen molar-refractivity contribution < 1.29 is 0 Å². The van der Waals surface area contributed by atoms with E-state index in [2.05, 4.69) is 13.8 Å². The van der Waals surface area contributed by atoms with Crippen molar-refractivity contribution in [1.29, 1.82) is 0 Å². The Morgan fingerprint density at radius 3 is 2.18 bits per heavy atom. The van der Waals surface area contributed by atoms with E-state index < -0.39 is 5.66 Å². The fourth-order valence-corrected chi connectivity index (χ4v) is 2.14. The summed E-state index contributed by atoms with van der Waals surface area (Å²) in [7, 11) is 0. The lowest BCUT2D eigenvalue weighted by molar-refractivity contribution is 0.544. The number of fused-ring (bicyclic) bond motifs is 2. The molecule has 11 heavy (non-hydrogen) atoms. The number of nitrogens with two attached hydrogens (primary N) is 2. The van der Waals surface area contributed by atoms with Gasteiger partial charge in [-0.3, -0.25) is 0 Å². The minimum absolute atomic E-state index is 0.515. The highest BCUT2D eigenvalue weighted by Gasteiger charge is 2.39. The Labute approximate surface area is 66.9 Å². The fraction of sp³-hybridized carbons (Fsp3) is 0.556. The summed E-state index contributed by atoms with van der Waals surface area (Å²) >= 11 is 0. The summed E-state index contributed by atoms with van der Waals surface area (Å²) < 4.78 is 0. The van der Waals surface area contributed by atoms with Crippen molar-refractivity contribution in [2.75, 3.05) is 0 Å². The SMILES string of the molecule is CC1=C2CC(=C1C)C(N)(N)C2. The van der Waals surface area contributed by atoms with Gasteiger partial charge in [0.25, 0.3) is 0 Å². The van der Waals surface area contributed by atoms with Crippen LogP contribution in [0.2, 0.25) is 0 Å². The predicted octanol–water partition coefficient (Wildman–Crippen LogP) is 1.04. The van der Waals surface area contributed by atoms with E-state index in [0.29, 0.717) is 0 Å². The first kappa shape index (κ1) is 7.07. The van der Waals surface area contributed by atoms with Crippen molar-refractivity contribution in [3.05, 3.63) is 22.3 Å². The van der Waals surface area contributed by atoms with E-state index in [1.807, 2.05) is 0 Å². The Balaban J connectivity index is 2.52. The number of hydrogen-bond acceptors (Lipinski definition) is 2. The second kappa shape index (κ2) is 1.76. The van der Waals surface area contributed by atoms with Crippen molar-refractivity contribution in [1.82, 2.24) is 0 Å². The van der Waals surface area contributed by atoms with Gasteiger partial charge in [-0.15, -0.1) is 0 Å². The maximum Gasteiger partial charge on any atom is 0.0905 e. The molecule has 2 bridgehead atoms. The quantitative estimate of drug-likeness (QED) is 0.507. The van der Waals surface area contributed by atoms with Crippen molar-refractivity contribution in [3.8, 4) is 0 Å². The van der Waals surface area contributed by atoms with Crippen LogP contribution >= 0.6 is 0 Å². The molecule has 2 aliphatic carbocycles. The Morgan fingerprint density at radius 2 is 1.82 bits per heavy atom. The highest BCUT2D eigenvalue weighted by Crippen LogP contribution is 2.45. The van der Waals surface area contributed by atoms with Crippen LogP contribution in [0.4, 0.5) is 0 Å². The van der Waals surface area contributed by atoms with Crippen LogP contribution in [0.1, 0.15) is 26.7 Å². The summed E-state index contributed by atoms with van der Waals surface area (Å²) in [5.41, 5.74) is 16.7. The number of allylic oxidation sites excluding steroid dienone is 2. The van der Waals surface area contributed by atoms with Gasteiger partial charge in [-0.1, -0.05) is 5.57 Å². The van der Waals surface area contributed by atoms with Crippen LogP contribution in [-0.2, 0) is 0 Å². The van der Waals surface area contributed by atoms with Crippen LogP contribution in [0.3, 0.4) is 0 Å². The normalized spacial score (nSPS) is 27.3. The Morgan fingerprint density at radius 1 is 1.18 bits per heavy atom. The fourth-order valence-electron chi connectivity index (χ4n) is 2.14. The van der Waals surface area contributed by atoms with E-state index in [9.17, 15) is 0 Å². The molecule has 0 radical (unpaired) electrons. The molecule has 2 rings (SSSR count). The molecule has 0 spiro atoms. The standard InChI is InChI=1S/C9H14N2/c1-5-6(2)8-3-7(5)4-9(8,10)11/h3-4,10-11H2,1-2H3. The van der Waals surface area contributed by atoms with Gasteiger partial charge in [-0.25, -0.2) is 0 Å². The lowest BCUT2D eigenvalue weighted by Gasteiger charge is -2.24. The number of rotatable bonds is 0. The van der Waals surface area contributed by atoms with Crippen molar-refractivity contribution in [3.63, 3.8) is 0 Å². The Hall–Kier alpha value is -0.600. The van der Waals surface area contributed by atoms with Gasteiger partial charge >= 0.3 is 0 Å². The van der Waals surface area contributed by atoms with Gasteiger partial charge in [-0.2, -0.15) is 0 Å². The molecule has 0 saturated heterocycles. The van der Waals surface area contributed by atoms with E-state index >= 15 is 0 Å². The highest BCUT2D eigenvalue weighted by atomic mass is 15.0. The predicted molar refractivity (Wildman–Crippen MR) is 45.7 cm³/mol. The monoisotopic (exact) mass is 150 g/mol. The van der Waals surface area contributed by atoms with Gasteiger partial charge in [0.15, 0.2) is 0 Å². The summed E-state index contributed by atoms with van der Waals surface area (Å²) in [5, 5.41) is 0. The van der Waals surface area contributed by atoms with E-state index in [1.165, 1.54) is 22.3 Å². The largest absolute Gasteiger partial charge is 0.310 e. The third-order valence-electron chi connectivity index (χ3n) is 3.00. The smallest absolute Gasteiger partial charge is 0.0905 e. The molecule has 0 aromatic carbocycles. The van der Waals surface area contributed by atoms with Crippen LogP contribution in [0, 0.1) is 0 Å². The van der Waals surface area contributed by atoms with Crippen LogP contribution in [-0.4, -0.2) is 5.66 Å². The molecule has 0 aromatic rings. The van der Waals surface area contributed by atoms with Crippen LogP contribution in [0.25, 0.3) is 0 Å². The molecular formula is C9H14N2. The Kier molecular flexibility index (Phi) is 1.13. The van der Waals surface area contributed by atoms with Crippen molar-refractivity contribution in [2.24, 2.45) is 11.5 Å². The molecule has 0 aliphatic heterocycles. The zero-order chi connectivity index (χ0) is 8.22. The van der Waals surface area contributed by atoms with Gasteiger partial charge in [-0.05, 0) is 37.0 Å². The van der Waals surface area contributed by atoms with Gasteiger partial charge in [0.05, 0.1) is 5.66 Å². The first-order chi connectivity index (χ1) is 5.02. The van der Waals surface area contributed by atoms with E-state index in [4.69, 9.17) is 11.5 Å². The summed E-state index contributed by atoms with van der Waals surface area (Å²) in [5.74, 6) is 0. The average Bonchev–Trinajstić information content (AvgIpc) is 2.31. The first-order valence-corrected chi connectivity index (χ1v) is 3.99. The first-order valence-electron chi connectivity index (χ1n) is 3.99. The second-order valence-electron chi connectivity index (χ2n) is 3.73. The molecule has 0 unspecified atom stereocenters. The second-order valence-corrected chi connectivity index (χ2v) is 3.73. The molecule has 0 heterocycles. The highest BCUT2D eigenvalue weighted by molar-refractivity contribution is 5.54. The summed E-state index contributed by atoms with van der Waals surface area (Å²) in [6.07, 6.45) is 1.90. The summed E-state index contributed by atoms with van der Waals surface area (Å²) in [6, 6.07) is 0. The van der Waals surface area contributed by atoms with Crippen LogP contribution in [0.15, 0.2) is 22.3 Å². The van der Waals surface area contributed by atoms with Gasteiger partial charge < -0.3 is 11.5 Å². The van der Waals surface area contributed by atoms with E-state index in [0.717, 1.165) is 12.8 Å². The molecule has 1 saturated carbocycles. The van der Waals surface area contributed by atoms with Crippen molar-refractivity contribution >= 4 is 0 Å². The molecule has 1 fully saturated rings. The molecule has 60 valence electrons. The third-order valence-corrected chi connectivity index (χ3v) is 3.00. The maximum atomic E-state index is 5.90. The van der Waals surface area contributed by atoms with Gasteiger partial charge in [0.1, 0.15) is 0 Å². The molecule has 0 aromatic heterocycles. The number of hydrogen-bond donors (Lipinski definition) is 2. The molecule has 0 atom stereocenters. The average molecular weight is 150 g/mol. The van der Waals surface area contributed by atoms with Gasteiger partial charge in [0, 0.05) is 6.42 Å². The zero-order valence-electron chi connectivity index (χ0n) is 7.07. The molecule has 4 N–H and O–H groups in total. The molecular weight excluding hydrogens is 136 g/mol. The lowest BCUT2D eigenvalue weighted by Crippen LogP contribution is -2.49. The maximum absolute atomic E-state index is 5.90. The zero-order valence-corrected chi connectivity index (χ0v) is 7.07. The lowest BCUT2D eigenvalue weighted by atomic mass is 9.93. The van der Waals surface area contributed by atoms with Crippen LogP contribution < -0.4 is 11.5 Å². The third kappa shape index (κ3) is 0.739.